The average Bonchev–Trinajstić information content (AvgIpc) is 2.73. The van der Waals surface area contributed by atoms with Crippen LogP contribution in [0.15, 0.2) is 30.0 Å². The summed E-state index contributed by atoms with van der Waals surface area (Å²) in [7, 11) is 0. The molecule has 4 nitrogen and oxygen atoms in total. The third-order valence-electron chi connectivity index (χ3n) is 4.27. The molecule has 1 saturated carbocycles. The minimum atomic E-state index is -0.859. The van der Waals surface area contributed by atoms with Crippen molar-refractivity contribution in [3.8, 4) is 0 Å². The summed E-state index contributed by atoms with van der Waals surface area (Å²) in [6, 6.07) is 0. The van der Waals surface area contributed by atoms with Crippen LogP contribution in [0, 0.1) is 11.8 Å². The molecule has 0 aromatic rings. The van der Waals surface area contributed by atoms with Gasteiger partial charge in [0.25, 0.3) is 0 Å². The predicted molar refractivity (Wildman–Crippen MR) is 85.5 cm³/mol. The number of oxime groups is 1. The van der Waals surface area contributed by atoms with Crippen LogP contribution in [0.2, 0.25) is 0 Å². The Morgan fingerprint density at radius 3 is 2.71 bits per heavy atom. The first-order valence-electron chi connectivity index (χ1n) is 7.86. The van der Waals surface area contributed by atoms with E-state index in [0.29, 0.717) is 25.0 Å². The molecule has 0 unspecified atom stereocenters. The molecule has 1 fully saturated rings. The zero-order valence-electron chi connectivity index (χ0n) is 13.2. The van der Waals surface area contributed by atoms with Crippen LogP contribution in [0.4, 0.5) is 0 Å². The molecule has 0 aromatic heterocycles. The quantitative estimate of drug-likeness (QED) is 0.278. The van der Waals surface area contributed by atoms with E-state index < -0.39 is 11.7 Å². The van der Waals surface area contributed by atoms with Crippen LogP contribution in [-0.2, 0) is 0 Å². The Morgan fingerprint density at radius 1 is 1.43 bits per heavy atom. The highest BCUT2D eigenvalue weighted by atomic mass is 16.4. The molecule has 4 atom stereocenters. The van der Waals surface area contributed by atoms with Crippen molar-refractivity contribution in [2.75, 3.05) is 0 Å². The maximum atomic E-state index is 10.4. The van der Waals surface area contributed by atoms with Gasteiger partial charge in [0.2, 0.25) is 0 Å². The van der Waals surface area contributed by atoms with Gasteiger partial charge >= 0.3 is 0 Å². The summed E-state index contributed by atoms with van der Waals surface area (Å²) >= 11 is 0. The Morgan fingerprint density at radius 2 is 2.14 bits per heavy atom. The SMILES string of the molecule is C=CC[C@H]1[C@@H](O)C/C(=N/O)[C@@H]1/C=C/[C@@](C)(O)CCCCC. The van der Waals surface area contributed by atoms with Crippen molar-refractivity contribution in [3.63, 3.8) is 0 Å². The van der Waals surface area contributed by atoms with Crippen molar-refractivity contribution in [3.05, 3.63) is 24.8 Å². The molecule has 0 spiro atoms. The van der Waals surface area contributed by atoms with Crippen LogP contribution in [-0.4, -0.2) is 32.8 Å². The van der Waals surface area contributed by atoms with Crippen LogP contribution in [0.5, 0.6) is 0 Å². The van der Waals surface area contributed by atoms with Gasteiger partial charge in [0.1, 0.15) is 0 Å². The van der Waals surface area contributed by atoms with Crippen LogP contribution in [0.25, 0.3) is 0 Å². The molecule has 4 heteroatoms. The molecule has 0 radical (unpaired) electrons. The van der Waals surface area contributed by atoms with E-state index in [1.54, 1.807) is 19.1 Å². The number of aliphatic hydroxyl groups excluding tert-OH is 1. The molecule has 1 aliphatic carbocycles. The van der Waals surface area contributed by atoms with Crippen LogP contribution in [0.1, 0.15) is 52.4 Å². The molecule has 21 heavy (non-hydrogen) atoms. The van der Waals surface area contributed by atoms with E-state index in [1.807, 2.05) is 6.08 Å². The van der Waals surface area contributed by atoms with Crippen molar-refractivity contribution >= 4 is 5.71 Å². The van der Waals surface area contributed by atoms with Gasteiger partial charge < -0.3 is 15.4 Å². The maximum Gasteiger partial charge on any atom is 0.0799 e. The van der Waals surface area contributed by atoms with Crippen molar-refractivity contribution in [2.24, 2.45) is 17.0 Å². The fourth-order valence-electron chi connectivity index (χ4n) is 2.97. The highest BCUT2D eigenvalue weighted by Crippen LogP contribution is 2.34. The van der Waals surface area contributed by atoms with Crippen molar-refractivity contribution < 1.29 is 15.4 Å². The zero-order valence-corrected chi connectivity index (χ0v) is 13.2. The highest BCUT2D eigenvalue weighted by molar-refractivity contribution is 5.90. The summed E-state index contributed by atoms with van der Waals surface area (Å²) in [5.74, 6) is -0.170. The first-order valence-corrected chi connectivity index (χ1v) is 7.86. The zero-order chi connectivity index (χ0) is 15.9. The first kappa shape index (κ1) is 17.9. The second kappa shape index (κ2) is 8.35. The number of allylic oxidation sites excluding steroid dienone is 2. The molecular weight excluding hydrogens is 266 g/mol. The predicted octanol–water partition coefficient (Wildman–Crippen LogP) is 3.28. The minimum absolute atomic E-state index is 0.0314. The molecule has 3 N–H and O–H groups in total. The smallest absolute Gasteiger partial charge is 0.0799 e. The van der Waals surface area contributed by atoms with E-state index in [2.05, 4.69) is 18.7 Å². The van der Waals surface area contributed by atoms with Gasteiger partial charge in [-0.05, 0) is 19.8 Å². The van der Waals surface area contributed by atoms with Crippen molar-refractivity contribution in [1.29, 1.82) is 0 Å². The number of nitrogens with zero attached hydrogens (tertiary/aromatic N) is 1. The summed E-state index contributed by atoms with van der Waals surface area (Å²) < 4.78 is 0. The Balaban J connectivity index is 2.76. The minimum Gasteiger partial charge on any atom is -0.411 e. The largest absolute Gasteiger partial charge is 0.411 e. The maximum absolute atomic E-state index is 10.4. The number of hydrogen-bond acceptors (Lipinski definition) is 4. The third-order valence-corrected chi connectivity index (χ3v) is 4.27. The van der Waals surface area contributed by atoms with Crippen LogP contribution < -0.4 is 0 Å². The standard InChI is InChI=1S/C17H29NO3/c1-4-6-7-10-17(3,20)11-9-13-14(8-5-2)16(19)12-15(13)18-21/h5,9,11,13-14,16,19-21H,2,4,6-8,10,12H2,1,3H3/b11-9+,18-15-/t13-,14-,16+,17+/m1/s1. The topological polar surface area (TPSA) is 73.1 Å². The molecule has 0 amide bonds. The molecular formula is C17H29NO3. The third kappa shape index (κ3) is 5.29. The second-order valence-corrected chi connectivity index (χ2v) is 6.25. The van der Waals surface area contributed by atoms with Gasteiger partial charge in [-0.3, -0.25) is 0 Å². The monoisotopic (exact) mass is 295 g/mol. The number of rotatable bonds is 8. The summed E-state index contributed by atoms with van der Waals surface area (Å²) in [6.07, 6.45) is 9.88. The lowest BCUT2D eigenvalue weighted by molar-refractivity contribution is 0.0968. The summed E-state index contributed by atoms with van der Waals surface area (Å²) in [5.41, 5.74) is -0.280. The van der Waals surface area contributed by atoms with E-state index in [-0.39, 0.29) is 11.8 Å². The Bertz CT molecular complexity index is 387. The summed E-state index contributed by atoms with van der Waals surface area (Å²) in [5, 5.41) is 32.8. The summed E-state index contributed by atoms with van der Waals surface area (Å²) in [4.78, 5) is 0. The fourth-order valence-corrected chi connectivity index (χ4v) is 2.97. The molecule has 120 valence electrons. The molecule has 1 rings (SSSR count). The number of aliphatic hydroxyl groups is 2. The Kier molecular flexibility index (Phi) is 7.12. The number of unbranched alkanes of at least 4 members (excludes halogenated alkanes) is 2. The van der Waals surface area contributed by atoms with Crippen molar-refractivity contribution in [2.45, 2.75) is 64.1 Å². The van der Waals surface area contributed by atoms with E-state index in [4.69, 9.17) is 5.21 Å². The van der Waals surface area contributed by atoms with Gasteiger partial charge in [0.05, 0.1) is 17.4 Å². The Labute approximate surface area is 127 Å². The molecule has 0 bridgehead atoms. The lowest BCUT2D eigenvalue weighted by Crippen LogP contribution is -2.23. The number of hydrogen-bond donors (Lipinski definition) is 3. The van der Waals surface area contributed by atoms with Crippen LogP contribution in [0.3, 0.4) is 0 Å². The van der Waals surface area contributed by atoms with E-state index >= 15 is 0 Å². The van der Waals surface area contributed by atoms with E-state index in [0.717, 1.165) is 19.3 Å². The van der Waals surface area contributed by atoms with Gasteiger partial charge in [-0.25, -0.2) is 0 Å². The fraction of sp³-hybridized carbons (Fsp3) is 0.706. The van der Waals surface area contributed by atoms with Gasteiger partial charge in [-0.1, -0.05) is 49.6 Å². The van der Waals surface area contributed by atoms with E-state index in [1.165, 1.54) is 0 Å². The molecule has 0 aliphatic heterocycles. The Hall–Kier alpha value is -1.13. The molecule has 1 aliphatic rings. The molecule has 0 saturated heterocycles. The normalized spacial score (nSPS) is 30.9. The van der Waals surface area contributed by atoms with Crippen molar-refractivity contribution in [1.82, 2.24) is 0 Å². The van der Waals surface area contributed by atoms with Gasteiger partial charge in [0.15, 0.2) is 0 Å². The van der Waals surface area contributed by atoms with Gasteiger partial charge in [0, 0.05) is 18.3 Å². The van der Waals surface area contributed by atoms with E-state index in [9.17, 15) is 10.2 Å². The van der Waals surface area contributed by atoms with Gasteiger partial charge in [-0.15, -0.1) is 6.58 Å². The molecule has 0 aromatic carbocycles. The lowest BCUT2D eigenvalue weighted by atomic mass is 9.88. The second-order valence-electron chi connectivity index (χ2n) is 6.25. The first-order chi connectivity index (χ1) is 9.95. The summed E-state index contributed by atoms with van der Waals surface area (Å²) in [6.45, 7) is 7.64. The van der Waals surface area contributed by atoms with Gasteiger partial charge in [-0.2, -0.15) is 0 Å². The molecule has 0 heterocycles. The average molecular weight is 295 g/mol. The lowest BCUT2D eigenvalue weighted by Gasteiger charge is -2.21. The highest BCUT2D eigenvalue weighted by Gasteiger charge is 2.38. The van der Waals surface area contributed by atoms with Crippen LogP contribution >= 0.6 is 0 Å².